The van der Waals surface area contributed by atoms with Gasteiger partial charge in [0.25, 0.3) is 0 Å². The van der Waals surface area contributed by atoms with Gasteiger partial charge in [0.2, 0.25) is 0 Å². The molecule has 144 valence electrons. The number of nitrogens with zero attached hydrogens (tertiary/aromatic N) is 3. The number of likely N-dealkylation sites (tertiary alicyclic amines) is 1. The third kappa shape index (κ3) is 4.08. The topological polar surface area (TPSA) is 56.7 Å². The fraction of sp³-hybridized carbons (Fsp3) is 0.545. The molecule has 4 rings (SSSR count). The molecule has 2 aliphatic heterocycles. The van der Waals surface area contributed by atoms with Crippen molar-refractivity contribution in [3.8, 4) is 0 Å². The van der Waals surface area contributed by atoms with E-state index >= 15 is 0 Å². The monoisotopic (exact) mass is 367 g/mol. The number of pyridine rings is 1. The summed E-state index contributed by atoms with van der Waals surface area (Å²) in [6.07, 6.45) is 4.51. The summed E-state index contributed by atoms with van der Waals surface area (Å²) in [5, 5.41) is 10.7. The number of hydrogen-bond acceptors (Lipinski definition) is 4. The number of aliphatic carboxylic acids is 1. The van der Waals surface area contributed by atoms with Crippen molar-refractivity contribution < 1.29 is 9.90 Å². The van der Waals surface area contributed by atoms with E-state index in [2.05, 4.69) is 41.0 Å². The standard InChI is InChI=1S/C22H29N3O2/c1-16-11-19(22(26)27)15-24(13-16)14-18-12-17-7-3-4-8-20(17)23-21(18)25-9-5-2-6-10-25/h3-4,7-8,12,16,19H,2,5-6,9-11,13-15H2,1H3,(H,26,27). The highest BCUT2D eigenvalue weighted by Gasteiger charge is 2.30. The summed E-state index contributed by atoms with van der Waals surface area (Å²) in [6, 6.07) is 10.6. The van der Waals surface area contributed by atoms with Crippen molar-refractivity contribution in [3.63, 3.8) is 0 Å². The number of benzene rings is 1. The van der Waals surface area contributed by atoms with Crippen LogP contribution in [0.5, 0.6) is 0 Å². The van der Waals surface area contributed by atoms with E-state index in [0.29, 0.717) is 12.5 Å². The van der Waals surface area contributed by atoms with Gasteiger partial charge in [-0.25, -0.2) is 4.98 Å². The molecule has 1 aromatic carbocycles. The lowest BCUT2D eigenvalue weighted by Crippen LogP contribution is -2.42. The van der Waals surface area contributed by atoms with Crippen LogP contribution in [0.4, 0.5) is 5.82 Å². The quantitative estimate of drug-likeness (QED) is 0.891. The van der Waals surface area contributed by atoms with E-state index in [-0.39, 0.29) is 5.92 Å². The smallest absolute Gasteiger partial charge is 0.307 e. The van der Waals surface area contributed by atoms with Crippen molar-refractivity contribution >= 4 is 22.7 Å². The minimum Gasteiger partial charge on any atom is -0.481 e. The van der Waals surface area contributed by atoms with Gasteiger partial charge >= 0.3 is 5.97 Å². The Bertz CT molecular complexity index is 816. The van der Waals surface area contributed by atoms with Gasteiger partial charge in [-0.05, 0) is 43.7 Å². The van der Waals surface area contributed by atoms with Gasteiger partial charge < -0.3 is 10.0 Å². The number of aromatic nitrogens is 1. The third-order valence-corrected chi connectivity index (χ3v) is 5.91. The average Bonchev–Trinajstić information content (AvgIpc) is 2.67. The first-order valence-electron chi connectivity index (χ1n) is 10.2. The fourth-order valence-corrected chi connectivity index (χ4v) is 4.66. The van der Waals surface area contributed by atoms with Gasteiger partial charge in [-0.1, -0.05) is 25.1 Å². The maximum absolute atomic E-state index is 11.5. The molecule has 1 aromatic heterocycles. The third-order valence-electron chi connectivity index (χ3n) is 5.91. The number of carboxylic acids is 1. The maximum atomic E-state index is 11.5. The number of para-hydroxylation sites is 1. The molecule has 0 amide bonds. The van der Waals surface area contributed by atoms with Crippen LogP contribution in [0, 0.1) is 11.8 Å². The molecule has 5 nitrogen and oxygen atoms in total. The van der Waals surface area contributed by atoms with Crippen LogP contribution in [0.1, 0.15) is 38.2 Å². The Kier molecular flexibility index (Phi) is 5.30. The van der Waals surface area contributed by atoms with Crippen molar-refractivity contribution in [2.24, 2.45) is 11.8 Å². The summed E-state index contributed by atoms with van der Waals surface area (Å²) in [5.74, 6) is 0.574. The Labute approximate surface area is 161 Å². The summed E-state index contributed by atoms with van der Waals surface area (Å²) in [7, 11) is 0. The molecule has 2 unspecified atom stereocenters. The van der Waals surface area contributed by atoms with Gasteiger partial charge in [-0.2, -0.15) is 0 Å². The van der Waals surface area contributed by atoms with Crippen LogP contribution in [0.3, 0.4) is 0 Å². The zero-order valence-electron chi connectivity index (χ0n) is 16.1. The highest BCUT2D eigenvalue weighted by molar-refractivity contribution is 5.82. The van der Waals surface area contributed by atoms with Gasteiger partial charge in [-0.3, -0.25) is 9.69 Å². The summed E-state index contributed by atoms with van der Waals surface area (Å²) in [4.78, 5) is 21.3. The molecular weight excluding hydrogens is 338 g/mol. The second-order valence-corrected chi connectivity index (χ2v) is 8.28. The van der Waals surface area contributed by atoms with E-state index in [4.69, 9.17) is 4.98 Å². The van der Waals surface area contributed by atoms with Crippen LogP contribution in [0.15, 0.2) is 30.3 Å². The predicted octanol–water partition coefficient (Wildman–Crippen LogP) is 3.77. The molecule has 2 aromatic rings. The molecule has 0 radical (unpaired) electrons. The molecule has 0 bridgehead atoms. The maximum Gasteiger partial charge on any atom is 0.307 e. The Morgan fingerprint density at radius 3 is 2.74 bits per heavy atom. The molecule has 0 aliphatic carbocycles. The normalized spacial score (nSPS) is 24.3. The second kappa shape index (κ2) is 7.85. The number of rotatable bonds is 4. The van der Waals surface area contributed by atoms with Crippen molar-refractivity contribution in [1.82, 2.24) is 9.88 Å². The minimum absolute atomic E-state index is 0.263. The molecule has 2 saturated heterocycles. The van der Waals surface area contributed by atoms with Crippen LogP contribution in [-0.4, -0.2) is 47.1 Å². The van der Waals surface area contributed by atoms with Crippen LogP contribution in [0.25, 0.3) is 10.9 Å². The molecular formula is C22H29N3O2. The number of fused-ring (bicyclic) bond motifs is 1. The second-order valence-electron chi connectivity index (χ2n) is 8.28. The van der Waals surface area contributed by atoms with Crippen molar-refractivity contribution in [1.29, 1.82) is 0 Å². The Hall–Kier alpha value is -2.14. The van der Waals surface area contributed by atoms with Crippen molar-refractivity contribution in [2.75, 3.05) is 31.1 Å². The van der Waals surface area contributed by atoms with E-state index in [9.17, 15) is 9.90 Å². The molecule has 2 atom stereocenters. The zero-order valence-corrected chi connectivity index (χ0v) is 16.1. The van der Waals surface area contributed by atoms with Crippen molar-refractivity contribution in [3.05, 3.63) is 35.9 Å². The van der Waals surface area contributed by atoms with Crippen LogP contribution in [-0.2, 0) is 11.3 Å². The Morgan fingerprint density at radius 2 is 1.96 bits per heavy atom. The van der Waals surface area contributed by atoms with Gasteiger partial charge in [0.15, 0.2) is 0 Å². The van der Waals surface area contributed by atoms with Crippen LogP contribution >= 0.6 is 0 Å². The molecule has 1 N–H and O–H groups in total. The van der Waals surface area contributed by atoms with Crippen LogP contribution < -0.4 is 4.90 Å². The lowest BCUT2D eigenvalue weighted by atomic mass is 9.90. The number of hydrogen-bond donors (Lipinski definition) is 1. The summed E-state index contributed by atoms with van der Waals surface area (Å²) in [5.41, 5.74) is 2.27. The average molecular weight is 367 g/mol. The van der Waals surface area contributed by atoms with Crippen molar-refractivity contribution in [2.45, 2.75) is 39.2 Å². The molecule has 27 heavy (non-hydrogen) atoms. The minimum atomic E-state index is -0.667. The lowest BCUT2D eigenvalue weighted by Gasteiger charge is -2.36. The first kappa shape index (κ1) is 18.2. The Morgan fingerprint density at radius 1 is 1.19 bits per heavy atom. The van der Waals surface area contributed by atoms with Gasteiger partial charge in [0.05, 0.1) is 11.4 Å². The van der Waals surface area contributed by atoms with Gasteiger partial charge in [0.1, 0.15) is 5.82 Å². The number of carboxylic acid groups (broad SMARTS) is 1. The number of piperidine rings is 2. The fourth-order valence-electron chi connectivity index (χ4n) is 4.66. The van der Waals surface area contributed by atoms with E-state index in [1.165, 1.54) is 24.8 Å². The summed E-state index contributed by atoms with van der Waals surface area (Å²) >= 11 is 0. The number of anilines is 1. The zero-order chi connectivity index (χ0) is 18.8. The van der Waals surface area contributed by atoms with Gasteiger partial charge in [0, 0.05) is 43.7 Å². The highest BCUT2D eigenvalue weighted by Crippen LogP contribution is 2.29. The predicted molar refractivity (Wildman–Crippen MR) is 108 cm³/mol. The van der Waals surface area contributed by atoms with Crippen LogP contribution in [0.2, 0.25) is 0 Å². The van der Waals surface area contributed by atoms with E-state index in [1.807, 2.05) is 6.07 Å². The van der Waals surface area contributed by atoms with Gasteiger partial charge in [-0.15, -0.1) is 0 Å². The summed E-state index contributed by atoms with van der Waals surface area (Å²) < 4.78 is 0. The van der Waals surface area contributed by atoms with E-state index in [1.54, 1.807) is 0 Å². The summed E-state index contributed by atoms with van der Waals surface area (Å²) in [6.45, 7) is 6.64. The Balaban J connectivity index is 1.65. The molecule has 0 spiro atoms. The van der Waals surface area contributed by atoms with E-state index < -0.39 is 5.97 Å². The first-order valence-corrected chi connectivity index (χ1v) is 10.2. The molecule has 0 saturated carbocycles. The lowest BCUT2D eigenvalue weighted by molar-refractivity contribution is -0.144. The largest absolute Gasteiger partial charge is 0.481 e. The molecule has 3 heterocycles. The first-order chi connectivity index (χ1) is 13.1. The highest BCUT2D eigenvalue weighted by atomic mass is 16.4. The molecule has 2 aliphatic rings. The SMILES string of the molecule is CC1CC(C(=O)O)CN(Cc2cc3ccccc3nc2N2CCCCC2)C1. The van der Waals surface area contributed by atoms with E-state index in [0.717, 1.165) is 49.3 Å². The number of carbonyl (C=O) groups is 1. The molecule has 5 heteroatoms. The molecule has 2 fully saturated rings.